The molecule has 0 spiro atoms. The van der Waals surface area contributed by atoms with Crippen LogP contribution in [0.1, 0.15) is 11.5 Å². The maximum absolute atomic E-state index is 12.9. The zero-order valence-corrected chi connectivity index (χ0v) is 14.1. The molecule has 3 atom stereocenters. The number of benzene rings is 2. The van der Waals surface area contributed by atoms with E-state index in [0.717, 1.165) is 0 Å². The molecule has 1 N–H and O–H groups in total. The van der Waals surface area contributed by atoms with Crippen molar-refractivity contribution in [2.45, 2.75) is 16.1 Å². The summed E-state index contributed by atoms with van der Waals surface area (Å²) >= 11 is 0. The SMILES string of the molecule is COc1ccc([C@@H]2[C@@H](S(=O)(=O)c3ccccc3)[C@]2(C#N)C(=O)O)cc1. The van der Waals surface area contributed by atoms with Crippen LogP contribution < -0.4 is 4.74 Å². The molecule has 0 aliphatic heterocycles. The van der Waals surface area contributed by atoms with Crippen LogP contribution in [0, 0.1) is 16.7 Å². The molecule has 1 aliphatic carbocycles. The second-order valence-corrected chi connectivity index (χ2v) is 7.88. The summed E-state index contributed by atoms with van der Waals surface area (Å²) in [7, 11) is -2.49. The Labute approximate surface area is 145 Å². The molecule has 0 amide bonds. The lowest BCUT2D eigenvalue weighted by molar-refractivity contribution is -0.141. The molecule has 1 fully saturated rings. The largest absolute Gasteiger partial charge is 0.497 e. The van der Waals surface area contributed by atoms with Gasteiger partial charge >= 0.3 is 5.97 Å². The molecule has 6 nitrogen and oxygen atoms in total. The summed E-state index contributed by atoms with van der Waals surface area (Å²) in [6.07, 6.45) is 0. The number of hydrogen-bond donors (Lipinski definition) is 1. The fourth-order valence-electron chi connectivity index (χ4n) is 3.22. The van der Waals surface area contributed by atoms with Crippen LogP contribution in [-0.2, 0) is 14.6 Å². The van der Waals surface area contributed by atoms with Gasteiger partial charge < -0.3 is 9.84 Å². The van der Waals surface area contributed by atoms with Crippen LogP contribution in [0.2, 0.25) is 0 Å². The van der Waals surface area contributed by atoms with Crippen molar-refractivity contribution in [3.8, 4) is 11.8 Å². The van der Waals surface area contributed by atoms with Crippen LogP contribution in [0.4, 0.5) is 0 Å². The molecule has 1 aliphatic rings. The number of rotatable bonds is 5. The smallest absolute Gasteiger partial charge is 0.326 e. The van der Waals surface area contributed by atoms with Crippen LogP contribution in [0.15, 0.2) is 59.5 Å². The van der Waals surface area contributed by atoms with Gasteiger partial charge in [-0.05, 0) is 29.8 Å². The topological polar surface area (TPSA) is 104 Å². The number of aliphatic carboxylic acids is 1. The quantitative estimate of drug-likeness (QED) is 0.880. The molecule has 7 heteroatoms. The maximum Gasteiger partial charge on any atom is 0.326 e. The standard InChI is InChI=1S/C18H15NO5S/c1-24-13-9-7-12(8-10-13)15-16(18(15,11-19)17(20)21)25(22,23)14-5-3-2-4-6-14/h2-10,15-16H,1H3,(H,20,21)/t15-,16-,18-/m1/s1. The predicted octanol–water partition coefficient (Wildman–Crippen LogP) is 2.23. The van der Waals surface area contributed by atoms with E-state index in [0.29, 0.717) is 11.3 Å². The van der Waals surface area contributed by atoms with E-state index in [4.69, 9.17) is 4.74 Å². The number of methoxy groups -OCH3 is 1. The van der Waals surface area contributed by atoms with Crippen LogP contribution in [0.5, 0.6) is 5.75 Å². The summed E-state index contributed by atoms with van der Waals surface area (Å²) in [4.78, 5) is 11.8. The van der Waals surface area contributed by atoms with Crippen LogP contribution in [-0.4, -0.2) is 31.9 Å². The van der Waals surface area contributed by atoms with E-state index in [2.05, 4.69) is 0 Å². The van der Waals surface area contributed by atoms with Crippen molar-refractivity contribution in [2.75, 3.05) is 7.11 Å². The van der Waals surface area contributed by atoms with Crippen molar-refractivity contribution in [3.63, 3.8) is 0 Å². The number of ether oxygens (including phenoxy) is 1. The molecule has 1 saturated carbocycles. The van der Waals surface area contributed by atoms with E-state index in [1.165, 1.54) is 19.2 Å². The lowest BCUT2D eigenvalue weighted by Gasteiger charge is -2.04. The van der Waals surface area contributed by atoms with Gasteiger partial charge in [0.05, 0.1) is 18.1 Å². The molecular formula is C18H15NO5S. The van der Waals surface area contributed by atoms with Crippen LogP contribution in [0.3, 0.4) is 0 Å². The van der Waals surface area contributed by atoms with Crippen LogP contribution in [0.25, 0.3) is 0 Å². The third kappa shape index (κ3) is 2.46. The third-order valence-electron chi connectivity index (χ3n) is 4.55. The Morgan fingerprint density at radius 2 is 1.76 bits per heavy atom. The Kier molecular flexibility index (Phi) is 4.01. The summed E-state index contributed by atoms with van der Waals surface area (Å²) in [5.41, 5.74) is -1.52. The number of hydrogen-bond acceptors (Lipinski definition) is 5. The molecule has 2 aromatic rings. The van der Waals surface area contributed by atoms with Gasteiger partial charge in [0.1, 0.15) is 11.0 Å². The second kappa shape index (κ2) is 5.90. The summed E-state index contributed by atoms with van der Waals surface area (Å²) in [5, 5.41) is 17.8. The fourth-order valence-corrected chi connectivity index (χ4v) is 5.49. The first kappa shape index (κ1) is 17.0. The van der Waals surface area contributed by atoms with Gasteiger partial charge in [-0.3, -0.25) is 4.79 Å². The highest BCUT2D eigenvalue weighted by Crippen LogP contribution is 2.64. The first-order chi connectivity index (χ1) is 11.9. The number of nitrogens with zero attached hydrogens (tertiary/aromatic N) is 1. The van der Waals surface area contributed by atoms with E-state index < -0.39 is 32.4 Å². The summed E-state index contributed by atoms with van der Waals surface area (Å²) in [5.74, 6) is -1.81. The zero-order valence-electron chi connectivity index (χ0n) is 13.3. The van der Waals surface area contributed by atoms with Gasteiger partial charge in [0.15, 0.2) is 15.3 Å². The lowest BCUT2D eigenvalue weighted by atomic mass is 10.0. The minimum absolute atomic E-state index is 0.0110. The Morgan fingerprint density at radius 3 is 2.24 bits per heavy atom. The molecule has 0 aromatic heterocycles. The maximum atomic E-state index is 12.9. The van der Waals surface area contributed by atoms with Gasteiger partial charge in [0, 0.05) is 5.92 Å². The Morgan fingerprint density at radius 1 is 1.16 bits per heavy atom. The third-order valence-corrected chi connectivity index (χ3v) is 6.79. The first-order valence-corrected chi connectivity index (χ1v) is 9.01. The Hall–Kier alpha value is -2.85. The van der Waals surface area contributed by atoms with Gasteiger partial charge in [0.25, 0.3) is 0 Å². The zero-order chi connectivity index (χ0) is 18.2. The summed E-state index contributed by atoms with van der Waals surface area (Å²) in [6.45, 7) is 0. The Balaban J connectivity index is 2.10. The van der Waals surface area contributed by atoms with Gasteiger partial charge in [-0.25, -0.2) is 8.42 Å². The van der Waals surface area contributed by atoms with Gasteiger partial charge in [0.2, 0.25) is 0 Å². The average molecular weight is 357 g/mol. The van der Waals surface area contributed by atoms with Crippen molar-refractivity contribution in [3.05, 3.63) is 60.2 Å². The monoisotopic (exact) mass is 357 g/mol. The summed E-state index contributed by atoms with van der Waals surface area (Å²) < 4.78 is 30.9. The Bertz CT molecular complexity index is 947. The number of carboxylic acid groups (broad SMARTS) is 1. The minimum Gasteiger partial charge on any atom is -0.497 e. The number of carbonyl (C=O) groups is 1. The van der Waals surface area contributed by atoms with Crippen molar-refractivity contribution in [1.29, 1.82) is 5.26 Å². The van der Waals surface area contributed by atoms with Gasteiger partial charge in [-0.1, -0.05) is 30.3 Å². The highest BCUT2D eigenvalue weighted by atomic mass is 32.2. The molecule has 3 rings (SSSR count). The van der Waals surface area contributed by atoms with Crippen molar-refractivity contribution >= 4 is 15.8 Å². The van der Waals surface area contributed by atoms with Gasteiger partial charge in [-0.15, -0.1) is 0 Å². The van der Waals surface area contributed by atoms with E-state index >= 15 is 0 Å². The van der Waals surface area contributed by atoms with Crippen molar-refractivity contribution < 1.29 is 23.1 Å². The molecular weight excluding hydrogens is 342 g/mol. The normalized spacial score (nSPS) is 25.0. The number of sulfone groups is 1. The number of carboxylic acids is 1. The van der Waals surface area contributed by atoms with Crippen LogP contribution >= 0.6 is 0 Å². The van der Waals surface area contributed by atoms with Gasteiger partial charge in [-0.2, -0.15) is 5.26 Å². The number of nitriles is 1. The molecule has 2 aromatic carbocycles. The molecule has 0 heterocycles. The summed E-state index contributed by atoms with van der Waals surface area (Å²) in [6, 6.07) is 15.8. The molecule has 128 valence electrons. The van der Waals surface area contributed by atoms with E-state index in [1.54, 1.807) is 48.5 Å². The first-order valence-electron chi connectivity index (χ1n) is 7.47. The molecule has 0 bridgehead atoms. The minimum atomic E-state index is -3.98. The molecule has 0 radical (unpaired) electrons. The molecule has 0 unspecified atom stereocenters. The lowest BCUT2D eigenvalue weighted by Crippen LogP contribution is -2.22. The molecule has 0 saturated heterocycles. The van der Waals surface area contributed by atoms with E-state index in [1.807, 2.05) is 0 Å². The van der Waals surface area contributed by atoms with E-state index in [9.17, 15) is 23.6 Å². The second-order valence-electron chi connectivity index (χ2n) is 5.82. The highest BCUT2D eigenvalue weighted by molar-refractivity contribution is 7.92. The highest BCUT2D eigenvalue weighted by Gasteiger charge is 2.77. The predicted molar refractivity (Wildman–Crippen MR) is 88.8 cm³/mol. The van der Waals surface area contributed by atoms with E-state index in [-0.39, 0.29) is 4.90 Å². The molecule has 25 heavy (non-hydrogen) atoms. The fraction of sp³-hybridized carbons (Fsp3) is 0.222. The average Bonchev–Trinajstić information content (AvgIpc) is 3.34. The van der Waals surface area contributed by atoms with Crippen molar-refractivity contribution in [1.82, 2.24) is 0 Å². The van der Waals surface area contributed by atoms with Crippen molar-refractivity contribution in [2.24, 2.45) is 5.41 Å².